The molecule has 4 heterocycles. The van der Waals surface area contributed by atoms with Crippen molar-refractivity contribution in [2.75, 3.05) is 9.80 Å². The SMILES string of the molecule is Cc1ccc2c(n1)oc1ccc(C)c(C(C)(C)N3c4ccccc4N(c4cnc(C)n4C)[C@H]3C)c12. The van der Waals surface area contributed by atoms with E-state index in [4.69, 9.17) is 4.42 Å². The first kappa shape index (κ1) is 21.7. The number of anilines is 3. The number of fused-ring (bicyclic) bond motifs is 4. The van der Waals surface area contributed by atoms with Crippen molar-refractivity contribution in [1.82, 2.24) is 14.5 Å². The zero-order valence-corrected chi connectivity index (χ0v) is 21.4. The predicted octanol–water partition coefficient (Wildman–Crippen LogP) is 6.88. The van der Waals surface area contributed by atoms with Gasteiger partial charge in [-0.05, 0) is 83.0 Å². The largest absolute Gasteiger partial charge is 0.438 e. The number of nitrogens with zero attached hydrogens (tertiary/aromatic N) is 5. The number of imidazole rings is 1. The van der Waals surface area contributed by atoms with Gasteiger partial charge < -0.3 is 18.8 Å². The molecule has 1 atom stereocenters. The molecule has 178 valence electrons. The summed E-state index contributed by atoms with van der Waals surface area (Å²) in [6.45, 7) is 13.2. The maximum atomic E-state index is 6.24. The Bertz CT molecular complexity index is 1610. The Balaban J connectivity index is 1.60. The minimum Gasteiger partial charge on any atom is -0.438 e. The fourth-order valence-corrected chi connectivity index (χ4v) is 6.04. The molecule has 1 aliphatic heterocycles. The van der Waals surface area contributed by atoms with Gasteiger partial charge in [-0.2, -0.15) is 0 Å². The molecule has 1 aliphatic rings. The molecular formula is C29H31N5O. The summed E-state index contributed by atoms with van der Waals surface area (Å²) in [4.78, 5) is 14.2. The highest BCUT2D eigenvalue weighted by Crippen LogP contribution is 2.51. The quantitative estimate of drug-likeness (QED) is 0.291. The maximum absolute atomic E-state index is 6.24. The second kappa shape index (κ2) is 7.35. The smallest absolute Gasteiger partial charge is 0.227 e. The first-order valence-electron chi connectivity index (χ1n) is 12.2. The van der Waals surface area contributed by atoms with Crippen LogP contribution < -0.4 is 9.80 Å². The van der Waals surface area contributed by atoms with Crippen molar-refractivity contribution in [1.29, 1.82) is 0 Å². The number of para-hydroxylation sites is 2. The number of hydrogen-bond donors (Lipinski definition) is 0. The molecule has 0 N–H and O–H groups in total. The van der Waals surface area contributed by atoms with Crippen LogP contribution >= 0.6 is 0 Å². The number of hydrogen-bond acceptors (Lipinski definition) is 5. The molecule has 5 aromatic rings. The fraction of sp³-hybridized carbons (Fsp3) is 0.310. The monoisotopic (exact) mass is 465 g/mol. The highest BCUT2D eigenvalue weighted by atomic mass is 16.3. The molecule has 3 aromatic heterocycles. The highest BCUT2D eigenvalue weighted by Gasteiger charge is 2.44. The second-order valence-electron chi connectivity index (χ2n) is 10.2. The Kier molecular flexibility index (Phi) is 4.56. The van der Waals surface area contributed by atoms with E-state index in [0.29, 0.717) is 5.71 Å². The van der Waals surface area contributed by atoms with Crippen LogP contribution in [0.15, 0.2) is 59.1 Å². The topological polar surface area (TPSA) is 50.3 Å². The van der Waals surface area contributed by atoms with Crippen LogP contribution in [0, 0.1) is 20.8 Å². The number of aromatic nitrogens is 3. The molecule has 6 nitrogen and oxygen atoms in total. The van der Waals surface area contributed by atoms with Crippen LogP contribution in [0.2, 0.25) is 0 Å². The summed E-state index contributed by atoms with van der Waals surface area (Å²) in [7, 11) is 2.08. The standard InChI is InChI=1S/C29H31N5O/c1-17-12-15-24-26(21-14-13-18(2)31-28(21)35-24)27(17)29(5,6)34-20(4)33(22-10-8-9-11-23(22)34)25-16-30-19(3)32(25)7/h8-16,20H,1-7H3/t20-/m1/s1. The van der Waals surface area contributed by atoms with Gasteiger partial charge in [0.15, 0.2) is 0 Å². The maximum Gasteiger partial charge on any atom is 0.227 e. The molecule has 6 rings (SSSR count). The normalized spacial score (nSPS) is 16.0. The molecule has 6 heteroatoms. The lowest BCUT2D eigenvalue weighted by atomic mass is 9.84. The van der Waals surface area contributed by atoms with E-state index in [1.54, 1.807) is 0 Å². The van der Waals surface area contributed by atoms with Gasteiger partial charge in [-0.25, -0.2) is 9.97 Å². The van der Waals surface area contributed by atoms with E-state index in [1.165, 1.54) is 22.5 Å². The van der Waals surface area contributed by atoms with Crippen molar-refractivity contribution in [3.8, 4) is 0 Å². The van der Waals surface area contributed by atoms with Gasteiger partial charge in [0.05, 0.1) is 23.1 Å². The summed E-state index contributed by atoms with van der Waals surface area (Å²) in [6, 6.07) is 17.1. The van der Waals surface area contributed by atoms with Gasteiger partial charge >= 0.3 is 0 Å². The van der Waals surface area contributed by atoms with E-state index < -0.39 is 0 Å². The van der Waals surface area contributed by atoms with Gasteiger partial charge in [-0.3, -0.25) is 0 Å². The molecule has 0 spiro atoms. The first-order valence-corrected chi connectivity index (χ1v) is 12.2. The molecule has 0 unspecified atom stereocenters. The van der Waals surface area contributed by atoms with Crippen molar-refractivity contribution in [3.05, 3.63) is 77.4 Å². The fourth-order valence-electron chi connectivity index (χ4n) is 6.04. The van der Waals surface area contributed by atoms with E-state index in [2.05, 4.69) is 108 Å². The minimum atomic E-state index is -0.344. The number of pyridine rings is 1. The van der Waals surface area contributed by atoms with E-state index in [9.17, 15) is 0 Å². The molecule has 2 aromatic carbocycles. The second-order valence-corrected chi connectivity index (χ2v) is 10.2. The van der Waals surface area contributed by atoms with Crippen molar-refractivity contribution >= 4 is 39.3 Å². The summed E-state index contributed by atoms with van der Waals surface area (Å²) in [5.74, 6) is 2.08. The number of rotatable bonds is 3. The summed E-state index contributed by atoms with van der Waals surface area (Å²) in [5, 5.41) is 2.22. The van der Waals surface area contributed by atoms with E-state index >= 15 is 0 Å². The minimum absolute atomic E-state index is 0.0744. The van der Waals surface area contributed by atoms with Gasteiger partial charge in [-0.1, -0.05) is 18.2 Å². The Labute approximate surface area is 205 Å². The molecule has 0 fully saturated rings. The van der Waals surface area contributed by atoms with Gasteiger partial charge in [0.1, 0.15) is 23.4 Å². The molecule has 0 saturated heterocycles. The van der Waals surface area contributed by atoms with Crippen LogP contribution in [-0.2, 0) is 12.6 Å². The van der Waals surface area contributed by atoms with Crippen LogP contribution in [-0.4, -0.2) is 20.7 Å². The van der Waals surface area contributed by atoms with Crippen molar-refractivity contribution < 1.29 is 4.42 Å². The van der Waals surface area contributed by atoms with Gasteiger partial charge in [0.2, 0.25) is 5.71 Å². The third-order valence-corrected chi connectivity index (χ3v) is 7.66. The number of aryl methyl sites for hydroxylation is 3. The lowest BCUT2D eigenvalue weighted by Crippen LogP contribution is -2.49. The summed E-state index contributed by atoms with van der Waals surface area (Å²) >= 11 is 0. The molecule has 0 saturated carbocycles. The van der Waals surface area contributed by atoms with Crippen molar-refractivity contribution in [3.63, 3.8) is 0 Å². The lowest BCUT2D eigenvalue weighted by molar-refractivity contribution is 0.448. The summed E-state index contributed by atoms with van der Waals surface area (Å²) in [5.41, 5.74) is 7.10. The third-order valence-electron chi connectivity index (χ3n) is 7.66. The molecule has 35 heavy (non-hydrogen) atoms. The molecule has 0 radical (unpaired) electrons. The molecule has 0 bridgehead atoms. The van der Waals surface area contributed by atoms with E-state index in [1.807, 2.05) is 20.0 Å². The zero-order valence-electron chi connectivity index (χ0n) is 21.4. The van der Waals surface area contributed by atoms with Crippen LogP contribution in [0.5, 0.6) is 0 Å². The summed E-state index contributed by atoms with van der Waals surface area (Å²) in [6.07, 6.45) is 2.05. The van der Waals surface area contributed by atoms with Gasteiger partial charge in [0.25, 0.3) is 0 Å². The van der Waals surface area contributed by atoms with Gasteiger partial charge in [-0.15, -0.1) is 0 Å². The Hall–Kier alpha value is -3.80. The van der Waals surface area contributed by atoms with Crippen LogP contribution in [0.4, 0.5) is 17.2 Å². The Morgan fingerprint density at radius 3 is 2.40 bits per heavy atom. The number of furan rings is 1. The third kappa shape index (κ3) is 2.95. The van der Waals surface area contributed by atoms with Crippen molar-refractivity contribution in [2.45, 2.75) is 53.2 Å². The molecule has 0 amide bonds. The lowest BCUT2D eigenvalue weighted by Gasteiger charge is -2.43. The van der Waals surface area contributed by atoms with Crippen molar-refractivity contribution in [2.24, 2.45) is 7.05 Å². The summed E-state index contributed by atoms with van der Waals surface area (Å²) < 4.78 is 8.40. The molecule has 0 aliphatic carbocycles. The van der Waals surface area contributed by atoms with Crippen LogP contribution in [0.1, 0.15) is 43.4 Å². The Morgan fingerprint density at radius 1 is 0.943 bits per heavy atom. The molecular weight excluding hydrogens is 434 g/mol. The van der Waals surface area contributed by atoms with Crippen LogP contribution in [0.25, 0.3) is 22.1 Å². The first-order chi connectivity index (χ1) is 16.7. The average Bonchev–Trinajstić information content (AvgIpc) is 3.44. The number of benzene rings is 2. The zero-order chi connectivity index (χ0) is 24.6. The van der Waals surface area contributed by atoms with E-state index in [-0.39, 0.29) is 11.7 Å². The predicted molar refractivity (Wildman–Crippen MR) is 142 cm³/mol. The average molecular weight is 466 g/mol. The highest BCUT2D eigenvalue weighted by molar-refractivity contribution is 6.06. The van der Waals surface area contributed by atoms with Gasteiger partial charge in [0, 0.05) is 23.5 Å². The van der Waals surface area contributed by atoms with Crippen LogP contribution in [0.3, 0.4) is 0 Å². The van der Waals surface area contributed by atoms with E-state index in [0.717, 1.165) is 33.7 Å². The Morgan fingerprint density at radius 2 is 1.69 bits per heavy atom.